The minimum atomic E-state index is -0.360. The fourth-order valence-electron chi connectivity index (χ4n) is 4.56. The molecule has 0 bridgehead atoms. The summed E-state index contributed by atoms with van der Waals surface area (Å²) in [5.41, 5.74) is 4.12. The Morgan fingerprint density at radius 1 is 0.919 bits per heavy atom. The third-order valence-electron chi connectivity index (χ3n) is 6.57. The number of ketones is 1. The molecule has 2 aromatic carbocycles. The molecule has 5 rings (SSSR count). The first-order valence-corrected chi connectivity index (χ1v) is 12.2. The number of carbonyl (C=O) groups excluding carboxylic acids is 2. The molecule has 1 aromatic heterocycles. The molecule has 10 heteroatoms. The van der Waals surface area contributed by atoms with Crippen LogP contribution in [-0.2, 0) is 9.47 Å². The van der Waals surface area contributed by atoms with Crippen molar-refractivity contribution >= 4 is 29.1 Å². The summed E-state index contributed by atoms with van der Waals surface area (Å²) in [7, 11) is 4.01. The van der Waals surface area contributed by atoms with Crippen LogP contribution in [-0.4, -0.2) is 73.4 Å². The number of aromatic nitrogens is 2. The van der Waals surface area contributed by atoms with Crippen molar-refractivity contribution in [1.29, 1.82) is 0 Å². The average molecular weight is 503 g/mol. The highest BCUT2D eigenvalue weighted by molar-refractivity contribution is 5.95. The highest BCUT2D eigenvalue weighted by atomic mass is 16.6. The number of nitrogens with zero attached hydrogens (tertiary/aromatic N) is 3. The topological polar surface area (TPSA) is 118 Å². The molecule has 37 heavy (non-hydrogen) atoms. The maximum atomic E-state index is 12.5. The van der Waals surface area contributed by atoms with Crippen LogP contribution in [0, 0.1) is 0 Å². The Hall–Kier alpha value is -4.02. The standard InChI is InChI=1S/C27H30N6O4/c1-16(34)17-4-8-19(9-5-17)29-27(35)32-23-15-37-24-22(14-36-25(23)24)31-26-28-13-12-21(30-26)18-6-10-20(11-7-18)33(2)3/h4-13,22-25H,14-15H2,1-3H3,(H,28,30,31)(H2,29,32,35). The number of ether oxygens (including phenoxy) is 2. The van der Waals surface area contributed by atoms with E-state index in [0.717, 1.165) is 16.9 Å². The molecule has 192 valence electrons. The fourth-order valence-corrected chi connectivity index (χ4v) is 4.56. The first-order valence-electron chi connectivity index (χ1n) is 12.2. The Balaban J connectivity index is 1.17. The normalized spacial score (nSPS) is 22.2. The average Bonchev–Trinajstić information content (AvgIpc) is 3.48. The lowest BCUT2D eigenvalue weighted by Gasteiger charge is -2.19. The number of hydrogen-bond donors (Lipinski definition) is 3. The van der Waals surface area contributed by atoms with Crippen LogP contribution < -0.4 is 20.9 Å². The van der Waals surface area contributed by atoms with Crippen LogP contribution in [0.5, 0.6) is 0 Å². The van der Waals surface area contributed by atoms with Gasteiger partial charge in [-0.1, -0.05) is 12.1 Å². The largest absolute Gasteiger partial charge is 0.378 e. The Morgan fingerprint density at radius 2 is 1.59 bits per heavy atom. The predicted octanol–water partition coefficient (Wildman–Crippen LogP) is 3.18. The van der Waals surface area contributed by atoms with Gasteiger partial charge < -0.3 is 30.3 Å². The van der Waals surface area contributed by atoms with Crippen LogP contribution in [0.25, 0.3) is 11.3 Å². The van der Waals surface area contributed by atoms with Gasteiger partial charge in [0.2, 0.25) is 5.95 Å². The molecule has 4 atom stereocenters. The van der Waals surface area contributed by atoms with Gasteiger partial charge in [-0.25, -0.2) is 14.8 Å². The lowest BCUT2D eigenvalue weighted by Crippen LogP contribution is -2.46. The lowest BCUT2D eigenvalue weighted by molar-refractivity contribution is 0.0683. The minimum absolute atomic E-state index is 0.0255. The second kappa shape index (κ2) is 10.5. The number of hydrogen-bond acceptors (Lipinski definition) is 8. The minimum Gasteiger partial charge on any atom is -0.378 e. The molecular formula is C27H30N6O4. The zero-order chi connectivity index (χ0) is 25.9. The molecule has 0 radical (unpaired) electrons. The zero-order valence-electron chi connectivity index (χ0n) is 21.0. The first kappa shape index (κ1) is 24.7. The number of anilines is 3. The number of amides is 2. The summed E-state index contributed by atoms with van der Waals surface area (Å²) in [6, 6.07) is 16.0. The van der Waals surface area contributed by atoms with E-state index in [4.69, 9.17) is 9.47 Å². The molecule has 2 saturated heterocycles. The van der Waals surface area contributed by atoms with E-state index in [0.29, 0.717) is 30.4 Å². The van der Waals surface area contributed by atoms with Crippen LogP contribution in [0.2, 0.25) is 0 Å². The summed E-state index contributed by atoms with van der Waals surface area (Å²) in [6.45, 7) is 2.25. The monoisotopic (exact) mass is 502 g/mol. The van der Waals surface area contributed by atoms with Gasteiger partial charge in [-0.3, -0.25) is 4.79 Å². The number of Topliss-reactive ketones (excluding diaryl/α,β-unsaturated/α-hetero) is 1. The van der Waals surface area contributed by atoms with Crippen LogP contribution in [0.1, 0.15) is 17.3 Å². The quantitative estimate of drug-likeness (QED) is 0.422. The van der Waals surface area contributed by atoms with Gasteiger partial charge in [0.25, 0.3) is 0 Å². The van der Waals surface area contributed by atoms with Gasteiger partial charge in [0.05, 0.1) is 31.0 Å². The summed E-state index contributed by atoms with van der Waals surface area (Å²) < 4.78 is 12.0. The van der Waals surface area contributed by atoms with E-state index in [1.165, 1.54) is 6.92 Å². The molecule has 2 aliphatic heterocycles. The van der Waals surface area contributed by atoms with Gasteiger partial charge in [-0.15, -0.1) is 0 Å². The van der Waals surface area contributed by atoms with Gasteiger partial charge in [0, 0.05) is 42.8 Å². The second-order valence-corrected chi connectivity index (χ2v) is 9.39. The van der Waals surface area contributed by atoms with Crippen molar-refractivity contribution in [2.24, 2.45) is 0 Å². The third-order valence-corrected chi connectivity index (χ3v) is 6.57. The fraction of sp³-hybridized carbons (Fsp3) is 0.333. The van der Waals surface area contributed by atoms with Crippen molar-refractivity contribution in [2.75, 3.05) is 42.8 Å². The van der Waals surface area contributed by atoms with Crippen LogP contribution >= 0.6 is 0 Å². The number of nitrogens with one attached hydrogen (secondary N) is 3. The van der Waals surface area contributed by atoms with Crippen molar-refractivity contribution in [2.45, 2.75) is 31.2 Å². The number of benzene rings is 2. The molecule has 3 N–H and O–H groups in total. The van der Waals surface area contributed by atoms with Gasteiger partial charge in [-0.05, 0) is 49.4 Å². The second-order valence-electron chi connectivity index (χ2n) is 9.39. The van der Waals surface area contributed by atoms with E-state index in [1.807, 2.05) is 37.2 Å². The highest BCUT2D eigenvalue weighted by Crippen LogP contribution is 2.29. The van der Waals surface area contributed by atoms with E-state index in [9.17, 15) is 9.59 Å². The summed E-state index contributed by atoms with van der Waals surface area (Å²) >= 11 is 0. The number of fused-ring (bicyclic) bond motifs is 1. The highest BCUT2D eigenvalue weighted by Gasteiger charge is 2.48. The Kier molecular flexibility index (Phi) is 7.02. The van der Waals surface area contributed by atoms with Gasteiger partial charge in [0.15, 0.2) is 5.78 Å². The molecule has 0 spiro atoms. The van der Waals surface area contributed by atoms with E-state index < -0.39 is 0 Å². The molecule has 2 amide bonds. The van der Waals surface area contributed by atoms with E-state index >= 15 is 0 Å². The third kappa shape index (κ3) is 5.55. The summed E-state index contributed by atoms with van der Waals surface area (Å²) in [4.78, 5) is 35.1. The van der Waals surface area contributed by atoms with Crippen LogP contribution in [0.4, 0.5) is 22.1 Å². The molecule has 4 unspecified atom stereocenters. The Labute approximate surface area is 215 Å². The smallest absolute Gasteiger partial charge is 0.319 e. The number of carbonyl (C=O) groups is 2. The van der Waals surface area contributed by atoms with Crippen molar-refractivity contribution in [3.8, 4) is 11.3 Å². The molecule has 3 heterocycles. The van der Waals surface area contributed by atoms with Gasteiger partial charge in [0.1, 0.15) is 12.2 Å². The van der Waals surface area contributed by atoms with E-state index in [1.54, 1.807) is 30.5 Å². The molecule has 10 nitrogen and oxygen atoms in total. The molecule has 3 aromatic rings. The molecule has 2 aliphatic rings. The van der Waals surface area contributed by atoms with Crippen molar-refractivity contribution in [3.05, 3.63) is 66.4 Å². The SMILES string of the molecule is CC(=O)c1ccc(NC(=O)NC2COC3C(Nc4nccc(-c5ccc(N(C)C)cc5)n4)COC23)cc1. The van der Waals surface area contributed by atoms with Gasteiger partial charge in [-0.2, -0.15) is 0 Å². The van der Waals surface area contributed by atoms with E-state index in [-0.39, 0.29) is 36.1 Å². The van der Waals surface area contributed by atoms with Crippen LogP contribution in [0.15, 0.2) is 60.8 Å². The number of rotatable bonds is 7. The lowest BCUT2D eigenvalue weighted by atomic mass is 10.1. The number of urea groups is 1. The van der Waals surface area contributed by atoms with Crippen LogP contribution in [0.3, 0.4) is 0 Å². The maximum absolute atomic E-state index is 12.5. The zero-order valence-corrected chi connectivity index (χ0v) is 21.0. The summed E-state index contributed by atoms with van der Waals surface area (Å²) in [6.07, 6.45) is 1.20. The molecule has 0 saturated carbocycles. The van der Waals surface area contributed by atoms with Gasteiger partial charge >= 0.3 is 6.03 Å². The Morgan fingerprint density at radius 3 is 2.27 bits per heavy atom. The van der Waals surface area contributed by atoms with Crippen molar-refractivity contribution in [1.82, 2.24) is 15.3 Å². The first-order chi connectivity index (χ1) is 17.9. The summed E-state index contributed by atoms with van der Waals surface area (Å²) in [5.74, 6) is 0.470. The summed E-state index contributed by atoms with van der Waals surface area (Å²) in [5, 5.41) is 9.06. The molecular weight excluding hydrogens is 472 g/mol. The molecule has 2 fully saturated rings. The maximum Gasteiger partial charge on any atom is 0.319 e. The predicted molar refractivity (Wildman–Crippen MR) is 141 cm³/mol. The van der Waals surface area contributed by atoms with Crippen molar-refractivity contribution in [3.63, 3.8) is 0 Å². The van der Waals surface area contributed by atoms with E-state index in [2.05, 4.69) is 38.1 Å². The molecule has 0 aliphatic carbocycles. The van der Waals surface area contributed by atoms with Crippen molar-refractivity contribution < 1.29 is 19.1 Å². The Bertz CT molecular complexity index is 1260.